The van der Waals surface area contributed by atoms with Crippen LogP contribution >= 0.6 is 0 Å². The smallest absolute Gasteiger partial charge is 0.231 e. The van der Waals surface area contributed by atoms with Crippen LogP contribution in [0.1, 0.15) is 23.6 Å². The molecule has 2 amide bonds. The molecule has 250 valence electrons. The van der Waals surface area contributed by atoms with Crippen molar-refractivity contribution in [2.75, 3.05) is 44.2 Å². The van der Waals surface area contributed by atoms with Gasteiger partial charge in [-0.2, -0.15) is 0 Å². The van der Waals surface area contributed by atoms with Crippen molar-refractivity contribution in [1.82, 2.24) is 4.90 Å². The summed E-state index contributed by atoms with van der Waals surface area (Å²) in [5.41, 5.74) is 14.3. The summed E-state index contributed by atoms with van der Waals surface area (Å²) in [5, 5.41) is 0. The van der Waals surface area contributed by atoms with Gasteiger partial charge in [0.05, 0.1) is 19.8 Å². The highest BCUT2D eigenvalue weighted by Crippen LogP contribution is 2.22. The molecule has 0 bridgehead atoms. The number of nitrogens with zero attached hydrogens (tertiary/aromatic N) is 2. The van der Waals surface area contributed by atoms with Crippen LogP contribution in [0.25, 0.3) is 0 Å². The van der Waals surface area contributed by atoms with E-state index in [1.54, 1.807) is 12.1 Å². The molecule has 1 saturated heterocycles. The van der Waals surface area contributed by atoms with Crippen molar-refractivity contribution in [2.24, 2.45) is 11.5 Å². The number of piperazine rings is 1. The average Bonchev–Trinajstić information content (AvgIpc) is 3.07. The van der Waals surface area contributed by atoms with Crippen molar-refractivity contribution < 1.29 is 28.2 Å². The van der Waals surface area contributed by atoms with E-state index in [1.165, 1.54) is 41.4 Å². The van der Waals surface area contributed by atoms with Gasteiger partial charge in [0.25, 0.3) is 0 Å². The largest absolute Gasteiger partial charge is 0.457 e. The van der Waals surface area contributed by atoms with Crippen molar-refractivity contribution in [2.45, 2.75) is 26.9 Å². The van der Waals surface area contributed by atoms with Gasteiger partial charge >= 0.3 is 0 Å². The van der Waals surface area contributed by atoms with E-state index < -0.39 is 0 Å². The van der Waals surface area contributed by atoms with E-state index in [0.717, 1.165) is 44.6 Å². The predicted octanol–water partition coefficient (Wildman–Crippen LogP) is 5.29. The molecule has 9 nitrogen and oxygen atoms in total. The fourth-order valence-corrected chi connectivity index (χ4v) is 4.46. The first-order valence-electron chi connectivity index (χ1n) is 15.3. The maximum absolute atomic E-state index is 12.9. The molecule has 0 spiro atoms. The van der Waals surface area contributed by atoms with Crippen LogP contribution in [0, 0.1) is 12.7 Å². The summed E-state index contributed by atoms with van der Waals surface area (Å²) < 4.78 is 24.2. The highest BCUT2D eigenvalue weighted by atomic mass is 19.1. The Labute approximate surface area is 276 Å². The fourth-order valence-electron chi connectivity index (χ4n) is 4.46. The van der Waals surface area contributed by atoms with Gasteiger partial charge in [0.2, 0.25) is 12.3 Å². The summed E-state index contributed by atoms with van der Waals surface area (Å²) in [6.07, 6.45) is 1.85. The molecule has 1 heterocycles. The van der Waals surface area contributed by atoms with Crippen LogP contribution in [-0.4, -0.2) is 62.8 Å². The Kier molecular flexibility index (Phi) is 18.2. The third kappa shape index (κ3) is 16.2. The minimum atomic E-state index is -0.270. The van der Waals surface area contributed by atoms with Crippen LogP contribution in [0.4, 0.5) is 10.1 Å². The van der Waals surface area contributed by atoms with E-state index in [0.29, 0.717) is 25.5 Å². The molecule has 1 fully saturated rings. The molecule has 47 heavy (non-hydrogen) atoms. The average molecular weight is 645 g/mol. The minimum Gasteiger partial charge on any atom is -0.457 e. The van der Waals surface area contributed by atoms with Gasteiger partial charge < -0.3 is 30.6 Å². The van der Waals surface area contributed by atoms with Gasteiger partial charge in [-0.25, -0.2) is 4.39 Å². The second kappa shape index (κ2) is 22.4. The number of benzene rings is 4. The monoisotopic (exact) mass is 644 g/mol. The van der Waals surface area contributed by atoms with Crippen LogP contribution in [0.3, 0.4) is 0 Å². The fraction of sp³-hybridized carbons (Fsp3) is 0.270. The van der Waals surface area contributed by atoms with Crippen molar-refractivity contribution in [3.05, 3.63) is 126 Å². The first kappa shape index (κ1) is 38.1. The molecule has 0 aliphatic carbocycles. The highest BCUT2D eigenvalue weighted by molar-refractivity contribution is 5.76. The predicted molar refractivity (Wildman–Crippen MR) is 184 cm³/mol. The number of hydrogen-bond donors (Lipinski definition) is 2. The van der Waals surface area contributed by atoms with Crippen LogP contribution in [-0.2, 0) is 32.1 Å². The lowest BCUT2D eigenvalue weighted by atomic mass is 10.1. The zero-order chi connectivity index (χ0) is 34.3. The second-order valence-electron chi connectivity index (χ2n) is 10.4. The third-order valence-electron chi connectivity index (χ3n) is 6.77. The number of primary amides is 2. The molecule has 0 saturated carbocycles. The number of carbonyl (C=O) groups is 3. The first-order chi connectivity index (χ1) is 22.8. The maximum atomic E-state index is 12.9. The molecular weight excluding hydrogens is 599 g/mol. The number of nitrogens with two attached hydrogens (primary N) is 2. The topological polar surface area (TPSA) is 128 Å². The lowest BCUT2D eigenvalue weighted by Gasteiger charge is -2.35. The quantitative estimate of drug-likeness (QED) is 0.177. The lowest BCUT2D eigenvalue weighted by Crippen LogP contribution is -2.48. The Morgan fingerprint density at radius 1 is 0.809 bits per heavy atom. The summed E-state index contributed by atoms with van der Waals surface area (Å²) in [7, 11) is 0. The standard InChI is InChI=1S/C21H19FO2.C13H19N3O.C2H4O.CH3NO/c22-19-8-12-21(13-9-19)24-20-10-6-17(7-11-20)14-15-23-16-18-4-2-1-3-5-18;1-11-2-4-12(5-3-11)16-8-6-15(7-9-16)10-13(14)17;1-2-3;2-1-3/h1-13H,14-16H2;2-5H,6-10H2,1H3,(H2,14,17);2H,1H3;1H,(H2,2,3). The van der Waals surface area contributed by atoms with E-state index in [9.17, 15) is 9.18 Å². The number of amides is 2. The Morgan fingerprint density at radius 3 is 1.87 bits per heavy atom. The van der Waals surface area contributed by atoms with Crippen molar-refractivity contribution in [1.29, 1.82) is 0 Å². The normalized spacial score (nSPS) is 12.1. The van der Waals surface area contributed by atoms with Gasteiger partial charge in [0, 0.05) is 31.9 Å². The zero-order valence-electron chi connectivity index (χ0n) is 27.1. The molecule has 4 aromatic carbocycles. The van der Waals surface area contributed by atoms with Crippen LogP contribution in [0.2, 0.25) is 0 Å². The SMILES string of the molecule is CC=O.Cc1ccc(N2CCN(CC(N)=O)CC2)cc1.Fc1ccc(Oc2ccc(CCOCc3ccccc3)cc2)cc1.NC=O. The summed E-state index contributed by atoms with van der Waals surface area (Å²) in [4.78, 5) is 32.7. The van der Waals surface area contributed by atoms with Gasteiger partial charge in [-0.15, -0.1) is 0 Å². The Morgan fingerprint density at radius 2 is 1.34 bits per heavy atom. The number of anilines is 1. The molecule has 0 unspecified atom stereocenters. The molecule has 1 aliphatic rings. The van der Waals surface area contributed by atoms with Gasteiger partial charge in [-0.3, -0.25) is 14.5 Å². The summed E-state index contributed by atoms with van der Waals surface area (Å²) in [6.45, 7) is 8.93. The number of ether oxygens (including phenoxy) is 2. The van der Waals surface area contributed by atoms with Crippen molar-refractivity contribution >= 4 is 24.3 Å². The molecular formula is C37H45FN4O5. The van der Waals surface area contributed by atoms with Gasteiger partial charge in [-0.05, 0) is 79.9 Å². The molecule has 10 heteroatoms. The van der Waals surface area contributed by atoms with Crippen molar-refractivity contribution in [3.63, 3.8) is 0 Å². The van der Waals surface area contributed by atoms with Gasteiger partial charge in [0.1, 0.15) is 23.6 Å². The second-order valence-corrected chi connectivity index (χ2v) is 10.4. The number of aldehydes is 1. The minimum absolute atomic E-state index is 0.242. The summed E-state index contributed by atoms with van der Waals surface area (Å²) in [5.74, 6) is 0.841. The first-order valence-corrected chi connectivity index (χ1v) is 15.3. The Hall–Kier alpha value is -5.06. The van der Waals surface area contributed by atoms with Gasteiger partial charge in [-0.1, -0.05) is 60.2 Å². The summed E-state index contributed by atoms with van der Waals surface area (Å²) in [6, 6.07) is 32.6. The zero-order valence-corrected chi connectivity index (χ0v) is 27.1. The van der Waals surface area contributed by atoms with Crippen LogP contribution in [0.15, 0.2) is 103 Å². The molecule has 0 aromatic heterocycles. The highest BCUT2D eigenvalue weighted by Gasteiger charge is 2.18. The lowest BCUT2D eigenvalue weighted by molar-refractivity contribution is -0.119. The number of aryl methyl sites for hydroxylation is 1. The van der Waals surface area contributed by atoms with Crippen LogP contribution in [0.5, 0.6) is 11.5 Å². The Bertz CT molecular complexity index is 1420. The van der Waals surface area contributed by atoms with Gasteiger partial charge in [0.15, 0.2) is 0 Å². The number of halogens is 1. The van der Waals surface area contributed by atoms with E-state index in [-0.39, 0.29) is 18.1 Å². The van der Waals surface area contributed by atoms with Crippen molar-refractivity contribution in [3.8, 4) is 11.5 Å². The summed E-state index contributed by atoms with van der Waals surface area (Å²) >= 11 is 0. The molecule has 0 atom stereocenters. The molecule has 4 aromatic rings. The molecule has 5 rings (SSSR count). The maximum Gasteiger partial charge on any atom is 0.231 e. The molecule has 0 radical (unpaired) electrons. The molecule has 4 N–H and O–H groups in total. The third-order valence-corrected chi connectivity index (χ3v) is 6.77. The Balaban J connectivity index is 0.000000291. The van der Waals surface area contributed by atoms with E-state index in [4.69, 9.17) is 24.8 Å². The number of rotatable bonds is 10. The molecule has 1 aliphatic heterocycles. The number of hydrogen-bond acceptors (Lipinski definition) is 7. The van der Waals surface area contributed by atoms with E-state index in [1.807, 2.05) is 42.5 Å². The van der Waals surface area contributed by atoms with Crippen LogP contribution < -0.4 is 21.1 Å². The van der Waals surface area contributed by atoms with E-state index >= 15 is 0 Å². The number of carbonyl (C=O) groups excluding carboxylic acids is 3. The van der Waals surface area contributed by atoms with E-state index in [2.05, 4.69) is 58.9 Å².